The Hall–Kier alpha value is -3.90. The first-order chi connectivity index (χ1) is 18.9. The molecule has 0 bridgehead atoms. The summed E-state index contributed by atoms with van der Waals surface area (Å²) in [7, 11) is 1.78. The van der Waals surface area contributed by atoms with Crippen LogP contribution >= 0.6 is 0 Å². The average molecular weight is 542 g/mol. The van der Waals surface area contributed by atoms with Crippen molar-refractivity contribution in [2.45, 2.75) is 72.5 Å². The van der Waals surface area contributed by atoms with Gasteiger partial charge in [0.1, 0.15) is 5.75 Å². The lowest BCUT2D eigenvalue weighted by molar-refractivity contribution is 0.107. The number of para-hydroxylation sites is 1. The Morgan fingerprint density at radius 1 is 0.775 bits per heavy atom. The molecular weight excluding hydrogens is 498 g/mol. The number of aryl methyl sites for hydroxylation is 2. The van der Waals surface area contributed by atoms with Crippen LogP contribution in [0.1, 0.15) is 75.1 Å². The van der Waals surface area contributed by atoms with E-state index < -0.39 is 0 Å². The number of hydrogen-bond acceptors (Lipinski definition) is 5. The first-order valence-corrected chi connectivity index (χ1v) is 13.6. The van der Waals surface area contributed by atoms with E-state index in [4.69, 9.17) is 14.7 Å². The predicted octanol–water partition coefficient (Wildman–Crippen LogP) is 8.33. The molecule has 212 valence electrons. The molecular formula is C34H43N3O3. The lowest BCUT2D eigenvalue weighted by Crippen LogP contribution is -2.11. The first kappa shape index (κ1) is 30.6. The van der Waals surface area contributed by atoms with Crippen molar-refractivity contribution in [2.24, 2.45) is 12.2 Å². The molecule has 0 saturated heterocycles. The molecule has 1 N–H and O–H groups in total. The Morgan fingerprint density at radius 2 is 1.25 bits per heavy atom. The summed E-state index contributed by atoms with van der Waals surface area (Å²) in [6, 6.07) is 26.9. The van der Waals surface area contributed by atoms with Crippen molar-refractivity contribution in [2.75, 3.05) is 0 Å². The van der Waals surface area contributed by atoms with E-state index in [9.17, 15) is 0 Å². The number of oxime groups is 1. The highest BCUT2D eigenvalue weighted by Crippen LogP contribution is 2.26. The molecule has 6 heteroatoms. The maximum absolute atomic E-state index is 8.62. The lowest BCUT2D eigenvalue weighted by Gasteiger charge is -2.19. The van der Waals surface area contributed by atoms with E-state index in [2.05, 4.69) is 100 Å². The maximum Gasteiger partial charge on any atom is 0.226 e. The summed E-state index contributed by atoms with van der Waals surface area (Å²) in [4.78, 5) is 0. The first-order valence-electron chi connectivity index (χ1n) is 13.6. The van der Waals surface area contributed by atoms with Gasteiger partial charge in [0.15, 0.2) is 0 Å². The minimum atomic E-state index is 0.203. The summed E-state index contributed by atoms with van der Waals surface area (Å²) >= 11 is 0. The van der Waals surface area contributed by atoms with E-state index in [1.54, 1.807) is 11.7 Å². The average Bonchev–Trinajstić information content (AvgIpc) is 3.16. The molecule has 0 radical (unpaired) electrons. The zero-order valence-corrected chi connectivity index (χ0v) is 25.1. The van der Waals surface area contributed by atoms with E-state index in [1.165, 1.54) is 28.5 Å². The zero-order chi connectivity index (χ0) is 29.3. The quantitative estimate of drug-likeness (QED) is 0.145. The fourth-order valence-electron chi connectivity index (χ4n) is 4.07. The van der Waals surface area contributed by atoms with Gasteiger partial charge in [-0.1, -0.05) is 113 Å². The van der Waals surface area contributed by atoms with Crippen LogP contribution in [-0.2, 0) is 35.8 Å². The summed E-state index contributed by atoms with van der Waals surface area (Å²) in [6.45, 7) is 16.6. The van der Waals surface area contributed by atoms with Crippen LogP contribution in [0.3, 0.4) is 0 Å². The Kier molecular flexibility index (Phi) is 10.3. The van der Waals surface area contributed by atoms with Crippen molar-refractivity contribution in [1.82, 2.24) is 9.78 Å². The van der Waals surface area contributed by atoms with Gasteiger partial charge in [-0.3, -0.25) is 0 Å². The highest BCUT2D eigenvalue weighted by atomic mass is 16.5. The number of aromatic nitrogens is 2. The van der Waals surface area contributed by atoms with E-state index >= 15 is 0 Å². The topological polar surface area (TPSA) is 68.9 Å². The Morgan fingerprint density at radius 3 is 1.68 bits per heavy atom. The van der Waals surface area contributed by atoms with Gasteiger partial charge in [0, 0.05) is 7.05 Å². The Labute approximate surface area is 239 Å². The number of benzene rings is 3. The molecule has 3 aromatic carbocycles. The van der Waals surface area contributed by atoms with Crippen LogP contribution < -0.4 is 4.74 Å². The summed E-state index contributed by atoms with van der Waals surface area (Å²) in [5, 5.41) is 15.9. The number of nitrogens with zero attached hydrogens (tertiary/aromatic N) is 3. The lowest BCUT2D eigenvalue weighted by atomic mass is 9.87. The minimum Gasteiger partial charge on any atom is -0.439 e. The van der Waals surface area contributed by atoms with Crippen LogP contribution in [-0.4, -0.2) is 21.2 Å². The monoisotopic (exact) mass is 541 g/mol. The van der Waals surface area contributed by atoms with Crippen molar-refractivity contribution in [3.63, 3.8) is 0 Å². The second-order valence-electron chi connectivity index (χ2n) is 12.0. The Bertz CT molecular complexity index is 1300. The molecule has 0 aliphatic rings. The van der Waals surface area contributed by atoms with Gasteiger partial charge in [-0.05, 0) is 52.1 Å². The SMILES string of the molecule is CC(C)(C)c1ccc(COCc2ccc(C(C)(C)C)cc2)cc1.Cc1nn(C)c(Oc2ccccc2)c1C=NO. The summed E-state index contributed by atoms with van der Waals surface area (Å²) in [5.41, 5.74) is 6.99. The van der Waals surface area contributed by atoms with Crippen molar-refractivity contribution >= 4 is 6.21 Å². The fourth-order valence-corrected chi connectivity index (χ4v) is 4.07. The number of hydrogen-bond donors (Lipinski definition) is 1. The maximum atomic E-state index is 8.62. The fraction of sp³-hybridized carbons (Fsp3) is 0.353. The number of ether oxygens (including phenoxy) is 2. The highest BCUT2D eigenvalue weighted by molar-refractivity contribution is 5.84. The van der Waals surface area contributed by atoms with Gasteiger partial charge in [0.25, 0.3) is 0 Å². The van der Waals surface area contributed by atoms with E-state index in [-0.39, 0.29) is 10.8 Å². The van der Waals surface area contributed by atoms with Gasteiger partial charge in [-0.25, -0.2) is 4.68 Å². The van der Waals surface area contributed by atoms with Crippen LogP contribution in [0, 0.1) is 6.92 Å². The molecule has 0 aliphatic carbocycles. The van der Waals surface area contributed by atoms with Crippen molar-refractivity contribution in [3.05, 3.63) is 112 Å². The van der Waals surface area contributed by atoms with Crippen LogP contribution in [0.4, 0.5) is 0 Å². The molecule has 4 aromatic rings. The molecule has 1 aromatic heterocycles. The van der Waals surface area contributed by atoms with Crippen molar-refractivity contribution in [3.8, 4) is 11.6 Å². The normalized spacial score (nSPS) is 11.8. The molecule has 0 saturated carbocycles. The van der Waals surface area contributed by atoms with Crippen LogP contribution in [0.2, 0.25) is 0 Å². The van der Waals surface area contributed by atoms with Gasteiger partial charge >= 0.3 is 0 Å². The third kappa shape index (κ3) is 8.82. The summed E-state index contributed by atoms with van der Waals surface area (Å²) < 4.78 is 13.2. The van der Waals surface area contributed by atoms with Crippen LogP contribution in [0.25, 0.3) is 0 Å². The molecule has 0 aliphatic heterocycles. The van der Waals surface area contributed by atoms with Gasteiger partial charge < -0.3 is 14.7 Å². The molecule has 40 heavy (non-hydrogen) atoms. The third-order valence-electron chi connectivity index (χ3n) is 6.54. The minimum absolute atomic E-state index is 0.203. The molecule has 0 unspecified atom stereocenters. The second kappa shape index (κ2) is 13.4. The van der Waals surface area contributed by atoms with Gasteiger partial charge in [0.2, 0.25) is 5.88 Å². The van der Waals surface area contributed by atoms with Crippen molar-refractivity contribution < 1.29 is 14.7 Å². The molecule has 0 atom stereocenters. The largest absolute Gasteiger partial charge is 0.439 e. The highest BCUT2D eigenvalue weighted by Gasteiger charge is 2.15. The zero-order valence-electron chi connectivity index (χ0n) is 25.1. The smallest absolute Gasteiger partial charge is 0.226 e. The Balaban J connectivity index is 0.000000230. The van der Waals surface area contributed by atoms with E-state index in [0.717, 1.165) is 5.69 Å². The molecule has 4 rings (SSSR count). The van der Waals surface area contributed by atoms with Gasteiger partial charge in [-0.2, -0.15) is 5.10 Å². The standard InChI is InChI=1S/C22H30O.C12H13N3O2/c1-21(2,3)19-11-7-17(8-12-19)15-23-16-18-9-13-20(14-10-18)22(4,5)6;1-9-11(8-13-16)12(15(2)14-9)17-10-6-4-3-5-7-10/h7-14H,15-16H2,1-6H3;3-8,16H,1-2H3. The molecule has 0 fully saturated rings. The van der Waals surface area contributed by atoms with E-state index in [1.807, 2.05) is 37.3 Å². The molecule has 6 nitrogen and oxygen atoms in total. The molecule has 1 heterocycles. The van der Waals surface area contributed by atoms with Gasteiger partial charge in [0.05, 0.1) is 30.7 Å². The summed E-state index contributed by atoms with van der Waals surface area (Å²) in [5.74, 6) is 1.26. The summed E-state index contributed by atoms with van der Waals surface area (Å²) in [6.07, 6.45) is 1.32. The molecule has 0 spiro atoms. The second-order valence-corrected chi connectivity index (χ2v) is 12.0. The predicted molar refractivity (Wildman–Crippen MR) is 163 cm³/mol. The van der Waals surface area contributed by atoms with Gasteiger partial charge in [-0.15, -0.1) is 0 Å². The van der Waals surface area contributed by atoms with Crippen LogP contribution in [0.5, 0.6) is 11.6 Å². The molecule has 0 amide bonds. The third-order valence-corrected chi connectivity index (χ3v) is 6.54. The van der Waals surface area contributed by atoms with E-state index in [0.29, 0.717) is 30.4 Å². The number of rotatable bonds is 7. The van der Waals surface area contributed by atoms with Crippen molar-refractivity contribution in [1.29, 1.82) is 0 Å². The van der Waals surface area contributed by atoms with Crippen LogP contribution in [0.15, 0.2) is 84.0 Å².